The number of fused-ring (bicyclic) bond motifs is 3. The molecule has 1 saturated carbocycles. The topological polar surface area (TPSA) is 20.9 Å². The Morgan fingerprint density at radius 3 is 1.98 bits per heavy atom. The molecule has 0 N–H and O–H groups in total. The standard InChI is InChI=1S/C30H28NO.C23H32NSi.Ir/c1-18(2)22-12-13-31(6)27(15-22)25-17-26-24-11-10-23(30-19(3)8-7-9-20(30)4)16-29(24)32-28(26)14-21(25)5;1-17-10-9-11-18(2)23(17)21-15-20(14-19-12-7-8-13-19)22(16-24(21)3)25(4,5)6;/h7-18H,5-6H2,1-4H3;9-11,15-16,19H,1,3,7-8,12-14H2,2,4-6H3;/q2*-1;. The first-order chi connectivity index (χ1) is 27.1. The van der Waals surface area contributed by atoms with E-state index in [1.807, 2.05) is 16.8 Å². The van der Waals surface area contributed by atoms with Crippen molar-refractivity contribution in [2.24, 2.45) is 5.92 Å². The van der Waals surface area contributed by atoms with Gasteiger partial charge in [-0.3, -0.25) is 0 Å². The van der Waals surface area contributed by atoms with E-state index >= 15 is 0 Å². The first-order valence-corrected chi connectivity index (χ1v) is 24.2. The van der Waals surface area contributed by atoms with Gasteiger partial charge in [-0.05, 0) is 71.7 Å². The number of aryl methyl sites for hydroxylation is 3. The number of rotatable bonds is 7. The summed E-state index contributed by atoms with van der Waals surface area (Å²) in [6.45, 7) is 26.8. The number of furan rings is 1. The summed E-state index contributed by atoms with van der Waals surface area (Å²) in [7, 11) is 7.12. The van der Waals surface area contributed by atoms with Crippen LogP contribution in [0.3, 0.4) is 0 Å². The molecule has 58 heavy (non-hydrogen) atoms. The van der Waals surface area contributed by atoms with Crippen molar-refractivity contribution in [2.45, 2.75) is 92.3 Å². The second-order valence-electron chi connectivity index (χ2n) is 17.8. The first kappa shape index (κ1) is 42.9. The second-order valence-corrected chi connectivity index (χ2v) is 22.9. The molecular weight excluding hydrogens is 901 g/mol. The Labute approximate surface area is 362 Å². The van der Waals surface area contributed by atoms with Crippen LogP contribution in [0, 0.1) is 54.6 Å². The van der Waals surface area contributed by atoms with E-state index in [9.17, 15) is 0 Å². The van der Waals surface area contributed by atoms with Gasteiger partial charge in [0.05, 0.1) is 37.4 Å². The van der Waals surface area contributed by atoms with E-state index in [4.69, 9.17) is 4.42 Å². The van der Waals surface area contributed by atoms with Gasteiger partial charge in [-0.1, -0.05) is 126 Å². The number of hydrogen-bond donors (Lipinski definition) is 0. The zero-order valence-corrected chi connectivity index (χ0v) is 39.3. The predicted molar refractivity (Wildman–Crippen MR) is 244 cm³/mol. The van der Waals surface area contributed by atoms with Crippen molar-refractivity contribution in [2.75, 3.05) is 0 Å². The molecule has 0 atom stereocenters. The van der Waals surface area contributed by atoms with E-state index in [0.29, 0.717) is 5.92 Å². The molecule has 1 aliphatic rings. The van der Waals surface area contributed by atoms with Gasteiger partial charge in [-0.2, -0.15) is 31.0 Å². The van der Waals surface area contributed by atoms with Crippen LogP contribution in [0.15, 0.2) is 102 Å². The first-order valence-electron chi connectivity index (χ1n) is 20.7. The van der Waals surface area contributed by atoms with Gasteiger partial charge in [0.1, 0.15) is 5.58 Å². The monoisotopic (exact) mass is 961 g/mol. The number of hydrogen-bond acceptors (Lipinski definition) is 1. The normalized spacial score (nSPS) is 13.2. The number of pyridine rings is 2. The van der Waals surface area contributed by atoms with Gasteiger partial charge in [-0.25, -0.2) is 0 Å². The van der Waals surface area contributed by atoms with Gasteiger partial charge in [-0.15, -0.1) is 34.9 Å². The zero-order valence-electron chi connectivity index (χ0n) is 35.9. The fourth-order valence-electron chi connectivity index (χ4n) is 8.98. The van der Waals surface area contributed by atoms with Crippen molar-refractivity contribution < 1.29 is 33.7 Å². The summed E-state index contributed by atoms with van der Waals surface area (Å²) >= 11 is 0. The van der Waals surface area contributed by atoms with Crippen molar-refractivity contribution >= 4 is 35.2 Å². The van der Waals surface area contributed by atoms with Crippen molar-refractivity contribution in [3.05, 3.63) is 164 Å². The third-order valence-electron chi connectivity index (χ3n) is 12.1. The molecule has 0 unspecified atom stereocenters. The maximum absolute atomic E-state index is 6.30. The van der Waals surface area contributed by atoms with Crippen LogP contribution in [0.2, 0.25) is 19.6 Å². The number of aromatic nitrogens is 2. The van der Waals surface area contributed by atoms with Crippen LogP contribution in [0.1, 0.15) is 84.4 Å². The molecular formula is C53H60IrN2OSi-2. The summed E-state index contributed by atoms with van der Waals surface area (Å²) in [5, 5.41) is 3.79. The number of benzene rings is 4. The third-order valence-corrected chi connectivity index (χ3v) is 14.2. The molecule has 0 amide bonds. The van der Waals surface area contributed by atoms with Crippen LogP contribution in [0.4, 0.5) is 0 Å². The molecule has 1 fully saturated rings. The molecule has 1 aliphatic carbocycles. The largest absolute Gasteiger partial charge is 0.469 e. The summed E-state index contributed by atoms with van der Waals surface area (Å²) < 4.78 is 10.3. The average molecular weight is 961 g/mol. The Morgan fingerprint density at radius 2 is 1.34 bits per heavy atom. The Balaban J connectivity index is 0.000000198. The smallest absolute Gasteiger partial charge is 0.134 e. The van der Waals surface area contributed by atoms with E-state index in [1.165, 1.54) is 76.7 Å². The summed E-state index contributed by atoms with van der Waals surface area (Å²) in [5.41, 5.74) is 17.5. The molecule has 0 spiro atoms. The molecule has 3 aromatic heterocycles. The Kier molecular flexibility index (Phi) is 12.8. The van der Waals surface area contributed by atoms with Gasteiger partial charge < -0.3 is 13.6 Å². The van der Waals surface area contributed by atoms with E-state index < -0.39 is 8.07 Å². The molecule has 5 heteroatoms. The average Bonchev–Trinajstić information content (AvgIpc) is 3.79. The molecule has 0 saturated heterocycles. The molecule has 4 aromatic carbocycles. The molecule has 0 bridgehead atoms. The molecule has 3 heterocycles. The van der Waals surface area contributed by atoms with Crippen molar-refractivity contribution in [1.29, 1.82) is 0 Å². The fourth-order valence-corrected chi connectivity index (χ4v) is 10.7. The van der Waals surface area contributed by atoms with Crippen molar-refractivity contribution in [1.82, 2.24) is 0 Å². The van der Waals surface area contributed by atoms with Crippen LogP contribution in [0.5, 0.6) is 0 Å². The Hall–Kier alpha value is -4.67. The van der Waals surface area contributed by atoms with E-state index in [2.05, 4.69) is 172 Å². The van der Waals surface area contributed by atoms with Gasteiger partial charge in [0, 0.05) is 45.0 Å². The van der Waals surface area contributed by atoms with E-state index in [1.54, 1.807) is 10.8 Å². The van der Waals surface area contributed by atoms with E-state index in [0.717, 1.165) is 50.2 Å². The fraction of sp³-hybridized carbons (Fsp3) is 0.283. The summed E-state index contributed by atoms with van der Waals surface area (Å²) in [6, 6.07) is 30.3. The molecule has 0 aliphatic heterocycles. The summed E-state index contributed by atoms with van der Waals surface area (Å²) in [6.07, 6.45) is 11.2. The maximum atomic E-state index is 6.30. The minimum absolute atomic E-state index is 0. The van der Waals surface area contributed by atoms with Gasteiger partial charge in [0.2, 0.25) is 0 Å². The van der Waals surface area contributed by atoms with Crippen LogP contribution in [0.25, 0.3) is 55.6 Å². The molecule has 303 valence electrons. The van der Waals surface area contributed by atoms with Gasteiger partial charge in [0.25, 0.3) is 0 Å². The molecule has 3 nitrogen and oxygen atoms in total. The molecule has 8 rings (SSSR count). The predicted octanol–water partition coefficient (Wildman–Crippen LogP) is 12.8. The maximum Gasteiger partial charge on any atom is 0.134 e. The summed E-state index contributed by atoms with van der Waals surface area (Å²) in [5.74, 6) is 1.31. The third kappa shape index (κ3) is 8.69. The minimum atomic E-state index is -1.41. The summed E-state index contributed by atoms with van der Waals surface area (Å²) in [4.78, 5) is 0. The quantitative estimate of drug-likeness (QED) is 0.0886. The molecule has 7 aromatic rings. The SMILES string of the molecule is [CH2-]c1cc2oc3cc(-c4c(C)cccc4C)ccc3c2cc1-c1cc(C(C)C)cc[n+]1[CH2-].[CH2-]c1cccc(C)c1-c1cc(CC2CCCC2)c([Si](C)(C)C)c[n+]1[CH2-].[Ir]. The van der Waals surface area contributed by atoms with E-state index in [-0.39, 0.29) is 20.1 Å². The van der Waals surface area contributed by atoms with Gasteiger partial charge >= 0.3 is 0 Å². The van der Waals surface area contributed by atoms with Crippen LogP contribution < -0.4 is 14.3 Å². The number of nitrogens with zero attached hydrogens (tertiary/aromatic N) is 2. The molecule has 1 radical (unpaired) electrons. The second kappa shape index (κ2) is 17.3. The zero-order chi connectivity index (χ0) is 40.8. The minimum Gasteiger partial charge on any atom is -0.469 e. The van der Waals surface area contributed by atoms with Crippen LogP contribution >= 0.6 is 0 Å². The van der Waals surface area contributed by atoms with Crippen molar-refractivity contribution in [3.8, 4) is 33.6 Å². The Morgan fingerprint density at radius 1 is 0.707 bits per heavy atom. The van der Waals surface area contributed by atoms with Gasteiger partial charge in [0.15, 0.2) is 0 Å². The Bertz CT molecular complexity index is 2560. The van der Waals surface area contributed by atoms with Crippen molar-refractivity contribution in [3.63, 3.8) is 0 Å². The van der Waals surface area contributed by atoms with Crippen LogP contribution in [-0.2, 0) is 26.5 Å². The van der Waals surface area contributed by atoms with Crippen LogP contribution in [-0.4, -0.2) is 8.07 Å².